The first-order valence-corrected chi connectivity index (χ1v) is 5.03. The Kier molecular flexibility index (Phi) is 4.76. The monoisotopic (exact) mass is 284 g/mol. The number of benzene rings is 1. The van der Waals surface area contributed by atoms with Crippen LogP contribution in [0.1, 0.15) is 5.56 Å². The van der Waals surface area contributed by atoms with Gasteiger partial charge in [-0.2, -0.15) is 8.78 Å². The summed E-state index contributed by atoms with van der Waals surface area (Å²) in [7, 11) is 0. The molecule has 0 spiro atoms. The normalized spacial score (nSPS) is 11.9. The highest BCUT2D eigenvalue weighted by molar-refractivity contribution is 5.35. The molecule has 9 heteroatoms. The van der Waals surface area contributed by atoms with E-state index in [-0.39, 0.29) is 12.1 Å². The van der Waals surface area contributed by atoms with E-state index in [9.17, 15) is 32.1 Å². The second-order valence-corrected chi connectivity index (χ2v) is 3.74. The largest absolute Gasteiger partial charge is 0.319 e. The van der Waals surface area contributed by atoms with Crippen LogP contribution in [0.3, 0.4) is 0 Å². The van der Waals surface area contributed by atoms with E-state index < -0.39 is 35.3 Å². The maximum Gasteiger partial charge on any atom is 0.319 e. The Balaban J connectivity index is 2.66. The van der Waals surface area contributed by atoms with Crippen LogP contribution >= 0.6 is 0 Å². The summed E-state index contributed by atoms with van der Waals surface area (Å²) in [4.78, 5) is 9.58. The van der Waals surface area contributed by atoms with E-state index in [1.165, 1.54) is 0 Å². The molecule has 0 atom stereocenters. The molecule has 1 aromatic carbocycles. The number of nitro benzene ring substituents is 1. The molecule has 1 N–H and O–H groups in total. The number of nitro groups is 1. The quantitative estimate of drug-likeness (QED) is 0.496. The lowest BCUT2D eigenvalue weighted by Gasteiger charge is -2.15. The molecular formula is C10H9F5N2O2. The molecule has 4 nitrogen and oxygen atoms in total. The maximum atomic E-state index is 13.0. The first-order chi connectivity index (χ1) is 8.72. The van der Waals surface area contributed by atoms with Crippen molar-refractivity contribution < 1.29 is 26.9 Å². The van der Waals surface area contributed by atoms with E-state index in [0.717, 1.165) is 12.1 Å². The lowest BCUT2D eigenvalue weighted by atomic mass is 10.2. The minimum Gasteiger partial charge on any atom is -0.307 e. The van der Waals surface area contributed by atoms with Gasteiger partial charge in [-0.3, -0.25) is 10.1 Å². The molecule has 1 aromatic rings. The predicted molar refractivity (Wildman–Crippen MR) is 55.7 cm³/mol. The van der Waals surface area contributed by atoms with E-state index >= 15 is 0 Å². The zero-order valence-electron chi connectivity index (χ0n) is 9.38. The lowest BCUT2D eigenvalue weighted by Crippen LogP contribution is -2.38. The van der Waals surface area contributed by atoms with E-state index in [4.69, 9.17) is 0 Å². The van der Waals surface area contributed by atoms with Crippen LogP contribution in [0.25, 0.3) is 0 Å². The predicted octanol–water partition coefficient (Wildman–Crippen LogP) is 2.72. The summed E-state index contributed by atoms with van der Waals surface area (Å²) < 4.78 is 61.7. The number of hydrogen-bond acceptors (Lipinski definition) is 3. The van der Waals surface area contributed by atoms with Gasteiger partial charge in [0.15, 0.2) is 0 Å². The van der Waals surface area contributed by atoms with Crippen LogP contribution in [0.2, 0.25) is 0 Å². The zero-order valence-corrected chi connectivity index (χ0v) is 9.38. The van der Waals surface area contributed by atoms with Crippen molar-refractivity contribution in [3.63, 3.8) is 0 Å². The molecule has 0 bridgehead atoms. The van der Waals surface area contributed by atoms with Gasteiger partial charge in [0.05, 0.1) is 17.5 Å². The van der Waals surface area contributed by atoms with Gasteiger partial charge in [0, 0.05) is 12.6 Å². The van der Waals surface area contributed by atoms with Gasteiger partial charge < -0.3 is 5.32 Å². The van der Waals surface area contributed by atoms with Crippen LogP contribution in [-0.2, 0) is 6.54 Å². The van der Waals surface area contributed by atoms with Crippen molar-refractivity contribution in [3.05, 3.63) is 39.7 Å². The van der Waals surface area contributed by atoms with Gasteiger partial charge in [-0.1, -0.05) is 0 Å². The molecule has 0 aliphatic rings. The van der Waals surface area contributed by atoms with Crippen molar-refractivity contribution in [1.29, 1.82) is 0 Å². The number of nitrogens with zero attached hydrogens (tertiary/aromatic N) is 1. The summed E-state index contributed by atoms with van der Waals surface area (Å²) in [5, 5.41) is 12.4. The highest BCUT2D eigenvalue weighted by Gasteiger charge is 2.39. The standard InChI is InChI=1S/C10H9F5N2O2/c11-7-1-6(2-8(3-7)17(18)19)4-16-5-10(14,15)9(12)13/h1-3,9,16H,4-5H2. The molecule has 0 heterocycles. The van der Waals surface area contributed by atoms with Crippen molar-refractivity contribution in [3.8, 4) is 0 Å². The number of hydrogen-bond donors (Lipinski definition) is 1. The fraction of sp³-hybridized carbons (Fsp3) is 0.400. The Bertz CT molecular complexity index is 467. The Morgan fingerprint density at radius 1 is 1.32 bits per heavy atom. The number of alkyl halides is 4. The molecule has 1 rings (SSSR count). The highest BCUT2D eigenvalue weighted by atomic mass is 19.3. The van der Waals surface area contributed by atoms with Gasteiger partial charge in [-0.25, -0.2) is 13.2 Å². The molecule has 0 saturated heterocycles. The molecular weight excluding hydrogens is 275 g/mol. The smallest absolute Gasteiger partial charge is 0.307 e. The van der Waals surface area contributed by atoms with Crippen molar-refractivity contribution in [2.45, 2.75) is 18.9 Å². The fourth-order valence-corrected chi connectivity index (χ4v) is 1.29. The summed E-state index contributed by atoms with van der Waals surface area (Å²) in [6.45, 7) is -1.70. The van der Waals surface area contributed by atoms with Crippen LogP contribution in [0, 0.1) is 15.9 Å². The van der Waals surface area contributed by atoms with Crippen LogP contribution < -0.4 is 5.32 Å². The van der Waals surface area contributed by atoms with E-state index in [2.05, 4.69) is 0 Å². The molecule has 0 aromatic heterocycles. The van der Waals surface area contributed by atoms with E-state index in [1.54, 1.807) is 0 Å². The minimum absolute atomic E-state index is 0.0109. The number of rotatable bonds is 6. The first kappa shape index (κ1) is 15.3. The third-order valence-electron chi connectivity index (χ3n) is 2.16. The van der Waals surface area contributed by atoms with Gasteiger partial charge >= 0.3 is 12.3 Å². The fourth-order valence-electron chi connectivity index (χ4n) is 1.29. The molecule has 0 fully saturated rings. The van der Waals surface area contributed by atoms with Crippen LogP contribution in [0.5, 0.6) is 0 Å². The van der Waals surface area contributed by atoms with Gasteiger partial charge in [-0.05, 0) is 11.6 Å². The highest BCUT2D eigenvalue weighted by Crippen LogP contribution is 2.22. The van der Waals surface area contributed by atoms with Crippen molar-refractivity contribution in [2.75, 3.05) is 6.54 Å². The van der Waals surface area contributed by atoms with Gasteiger partial charge in [-0.15, -0.1) is 0 Å². The Hall–Kier alpha value is -1.77. The average Bonchev–Trinajstić information content (AvgIpc) is 2.27. The molecule has 0 amide bonds. The maximum absolute atomic E-state index is 13.0. The summed E-state index contributed by atoms with van der Waals surface area (Å²) in [6.07, 6.45) is -3.82. The summed E-state index contributed by atoms with van der Waals surface area (Å²) >= 11 is 0. The van der Waals surface area contributed by atoms with Crippen molar-refractivity contribution >= 4 is 5.69 Å². The van der Waals surface area contributed by atoms with Crippen LogP contribution in [0.15, 0.2) is 18.2 Å². The molecule has 0 saturated carbocycles. The van der Waals surface area contributed by atoms with E-state index in [0.29, 0.717) is 6.07 Å². The van der Waals surface area contributed by atoms with Crippen LogP contribution in [0.4, 0.5) is 27.6 Å². The van der Waals surface area contributed by atoms with Crippen molar-refractivity contribution in [2.24, 2.45) is 0 Å². The summed E-state index contributed by atoms with van der Waals surface area (Å²) in [6, 6.07) is 2.52. The molecule has 19 heavy (non-hydrogen) atoms. The lowest BCUT2D eigenvalue weighted by molar-refractivity contribution is -0.385. The topological polar surface area (TPSA) is 55.2 Å². The van der Waals surface area contributed by atoms with E-state index in [1.807, 2.05) is 5.32 Å². The molecule has 0 radical (unpaired) electrons. The average molecular weight is 284 g/mol. The third-order valence-corrected chi connectivity index (χ3v) is 2.16. The summed E-state index contributed by atoms with van der Waals surface area (Å²) in [5.41, 5.74) is -0.533. The van der Waals surface area contributed by atoms with Crippen LogP contribution in [-0.4, -0.2) is 23.8 Å². The molecule has 106 valence electrons. The third kappa shape index (κ3) is 4.43. The van der Waals surface area contributed by atoms with Gasteiger partial charge in [0.25, 0.3) is 5.69 Å². The van der Waals surface area contributed by atoms with Crippen molar-refractivity contribution in [1.82, 2.24) is 5.32 Å². The van der Waals surface area contributed by atoms with Gasteiger partial charge in [0.1, 0.15) is 5.82 Å². The number of halogens is 5. The molecule has 0 aliphatic heterocycles. The molecule has 0 aliphatic carbocycles. The Morgan fingerprint density at radius 3 is 2.47 bits per heavy atom. The minimum atomic E-state index is -4.21. The number of nitrogens with one attached hydrogen (secondary N) is 1. The Morgan fingerprint density at radius 2 is 1.95 bits per heavy atom. The Labute approximate surface area is 104 Å². The SMILES string of the molecule is O=[N+]([O-])c1cc(F)cc(CNCC(F)(F)C(F)F)c1. The summed E-state index contributed by atoms with van der Waals surface area (Å²) in [5.74, 6) is -5.12. The first-order valence-electron chi connectivity index (χ1n) is 5.03. The number of non-ortho nitro benzene ring substituents is 1. The zero-order chi connectivity index (χ0) is 14.6. The van der Waals surface area contributed by atoms with Gasteiger partial charge in [0.2, 0.25) is 0 Å². The second-order valence-electron chi connectivity index (χ2n) is 3.74. The molecule has 0 unspecified atom stereocenters. The second kappa shape index (κ2) is 5.91.